The standard InChI is InChI=1S/C28H26ClFN6O2/c1-14-24(11-32-26(25(14)30)35-12-18-7-23(18)28(35)38)15(2)36-13-19(10-33-36)27(37)34-21-5-17(6-21)22-8-20(29)4-3-16(22)9-31/h3-4,8,10-11,13,15,17-18,21,23H,5-7,12H2,1-2H3,(H,34,37)/t15?,17?,18-,21?,23-/m1/s1. The number of carbonyl (C=O) groups is 2. The molecule has 3 fully saturated rings. The van der Waals surface area contributed by atoms with Gasteiger partial charge in [-0.25, -0.2) is 9.37 Å². The monoisotopic (exact) mass is 532 g/mol. The summed E-state index contributed by atoms with van der Waals surface area (Å²) in [5.74, 6) is -0.148. The fourth-order valence-electron chi connectivity index (χ4n) is 5.70. The average molecular weight is 533 g/mol. The quantitative estimate of drug-likeness (QED) is 0.502. The van der Waals surface area contributed by atoms with Crippen LogP contribution in [0.1, 0.15) is 70.8 Å². The van der Waals surface area contributed by atoms with E-state index in [1.54, 1.807) is 36.1 Å². The number of carbonyl (C=O) groups excluding carboxylic acids is 2. The Morgan fingerprint density at radius 3 is 2.79 bits per heavy atom. The summed E-state index contributed by atoms with van der Waals surface area (Å²) in [6.45, 7) is 4.07. The van der Waals surface area contributed by atoms with Crippen molar-refractivity contribution in [3.05, 3.63) is 75.4 Å². The number of benzene rings is 1. The second-order valence-corrected chi connectivity index (χ2v) is 11.0. The van der Waals surface area contributed by atoms with Gasteiger partial charge in [-0.1, -0.05) is 11.6 Å². The molecule has 0 radical (unpaired) electrons. The second-order valence-electron chi connectivity index (χ2n) is 10.6. The molecule has 8 nitrogen and oxygen atoms in total. The highest BCUT2D eigenvalue weighted by molar-refractivity contribution is 6.30. The van der Waals surface area contributed by atoms with Gasteiger partial charge < -0.3 is 5.32 Å². The van der Waals surface area contributed by atoms with Gasteiger partial charge in [0.15, 0.2) is 11.6 Å². The topological polar surface area (TPSA) is 104 Å². The van der Waals surface area contributed by atoms with E-state index in [9.17, 15) is 14.9 Å². The molecule has 2 aliphatic carbocycles. The third-order valence-corrected chi connectivity index (χ3v) is 8.46. The molecule has 0 bridgehead atoms. The fraction of sp³-hybridized carbons (Fsp3) is 0.393. The first-order valence-corrected chi connectivity index (χ1v) is 13.1. The van der Waals surface area contributed by atoms with Crippen LogP contribution in [0, 0.1) is 35.9 Å². The molecule has 1 N–H and O–H groups in total. The van der Waals surface area contributed by atoms with E-state index in [0.717, 1.165) is 24.8 Å². The Morgan fingerprint density at radius 2 is 2.08 bits per heavy atom. The molecular formula is C28H26ClFN6O2. The van der Waals surface area contributed by atoms with Crippen molar-refractivity contribution in [2.24, 2.45) is 11.8 Å². The molecule has 194 valence electrons. The molecule has 2 saturated carbocycles. The number of halogens is 2. The predicted molar refractivity (Wildman–Crippen MR) is 138 cm³/mol. The van der Waals surface area contributed by atoms with Gasteiger partial charge in [-0.3, -0.25) is 19.2 Å². The van der Waals surface area contributed by atoms with Crippen LogP contribution in [0.5, 0.6) is 0 Å². The van der Waals surface area contributed by atoms with Crippen LogP contribution >= 0.6 is 11.6 Å². The first-order chi connectivity index (χ1) is 18.2. The van der Waals surface area contributed by atoms with E-state index in [1.807, 2.05) is 13.0 Å². The number of pyridine rings is 1. The summed E-state index contributed by atoms with van der Waals surface area (Å²) < 4.78 is 16.9. The van der Waals surface area contributed by atoms with E-state index in [1.165, 1.54) is 11.1 Å². The first-order valence-electron chi connectivity index (χ1n) is 12.8. The lowest BCUT2D eigenvalue weighted by Crippen LogP contribution is -2.43. The van der Waals surface area contributed by atoms with E-state index in [0.29, 0.717) is 39.7 Å². The van der Waals surface area contributed by atoms with Crippen molar-refractivity contribution >= 4 is 29.2 Å². The number of hydrogen-bond donors (Lipinski definition) is 1. The van der Waals surface area contributed by atoms with Crippen LogP contribution in [0.15, 0.2) is 36.8 Å². The summed E-state index contributed by atoms with van der Waals surface area (Å²) in [5, 5.41) is 17.3. The normalized spacial score (nSPS) is 24.4. The van der Waals surface area contributed by atoms with E-state index in [-0.39, 0.29) is 41.6 Å². The minimum absolute atomic E-state index is 0.00813. The highest BCUT2D eigenvalue weighted by Gasteiger charge is 2.53. The predicted octanol–water partition coefficient (Wildman–Crippen LogP) is 4.52. The number of nitrogens with one attached hydrogen (secondary N) is 1. The van der Waals surface area contributed by atoms with Gasteiger partial charge in [0.1, 0.15) is 0 Å². The van der Waals surface area contributed by atoms with Crippen LogP contribution < -0.4 is 10.2 Å². The first kappa shape index (κ1) is 24.6. The van der Waals surface area contributed by atoms with Gasteiger partial charge in [-0.15, -0.1) is 0 Å². The Labute approximate surface area is 224 Å². The molecule has 3 aromatic rings. The smallest absolute Gasteiger partial charge is 0.254 e. The van der Waals surface area contributed by atoms with Crippen LogP contribution in [0.3, 0.4) is 0 Å². The highest BCUT2D eigenvalue weighted by atomic mass is 35.5. The number of fused-ring (bicyclic) bond motifs is 1. The Balaban J connectivity index is 1.11. The van der Waals surface area contributed by atoms with E-state index < -0.39 is 5.82 Å². The van der Waals surface area contributed by atoms with Gasteiger partial charge in [0, 0.05) is 41.5 Å². The van der Waals surface area contributed by atoms with Crippen molar-refractivity contribution < 1.29 is 14.0 Å². The molecule has 1 aliphatic heterocycles. The lowest BCUT2D eigenvalue weighted by molar-refractivity contribution is -0.118. The molecule has 2 amide bonds. The Bertz CT molecular complexity index is 1510. The van der Waals surface area contributed by atoms with Gasteiger partial charge >= 0.3 is 0 Å². The second kappa shape index (κ2) is 9.21. The zero-order valence-electron chi connectivity index (χ0n) is 21.0. The fourth-order valence-corrected chi connectivity index (χ4v) is 5.88. The molecule has 3 atom stereocenters. The van der Waals surface area contributed by atoms with Crippen LogP contribution in [-0.2, 0) is 4.79 Å². The molecule has 6 rings (SSSR count). The number of hydrogen-bond acceptors (Lipinski definition) is 5. The van der Waals surface area contributed by atoms with Crippen molar-refractivity contribution in [3.8, 4) is 6.07 Å². The number of amides is 2. The summed E-state index contributed by atoms with van der Waals surface area (Å²) in [5.41, 5.74) is 2.98. The molecule has 1 aromatic carbocycles. The van der Waals surface area contributed by atoms with Crippen LogP contribution in [0.2, 0.25) is 5.02 Å². The van der Waals surface area contributed by atoms with Gasteiger partial charge in [0.2, 0.25) is 5.91 Å². The molecule has 2 aromatic heterocycles. The third-order valence-electron chi connectivity index (χ3n) is 8.22. The largest absolute Gasteiger partial charge is 0.349 e. The van der Waals surface area contributed by atoms with Gasteiger partial charge in [-0.2, -0.15) is 10.4 Å². The Kier molecular flexibility index (Phi) is 5.95. The summed E-state index contributed by atoms with van der Waals surface area (Å²) in [4.78, 5) is 31.0. The van der Waals surface area contributed by atoms with E-state index in [2.05, 4.69) is 21.5 Å². The summed E-state index contributed by atoms with van der Waals surface area (Å²) in [6.07, 6.45) is 7.08. The number of rotatable bonds is 6. The number of nitriles is 1. The molecule has 38 heavy (non-hydrogen) atoms. The summed E-state index contributed by atoms with van der Waals surface area (Å²) in [6, 6.07) is 7.09. The third kappa shape index (κ3) is 4.13. The van der Waals surface area contributed by atoms with Gasteiger partial charge in [0.25, 0.3) is 5.91 Å². The van der Waals surface area contributed by atoms with E-state index in [4.69, 9.17) is 11.6 Å². The number of anilines is 1. The van der Waals surface area contributed by atoms with Gasteiger partial charge in [-0.05, 0) is 74.3 Å². The van der Waals surface area contributed by atoms with Crippen LogP contribution in [0.4, 0.5) is 10.2 Å². The number of piperidine rings is 1. The van der Waals surface area contributed by atoms with Crippen LogP contribution in [0.25, 0.3) is 0 Å². The van der Waals surface area contributed by atoms with Crippen LogP contribution in [-0.4, -0.2) is 39.2 Å². The minimum atomic E-state index is -0.493. The van der Waals surface area contributed by atoms with Gasteiger partial charge in [0.05, 0.1) is 29.4 Å². The molecule has 3 heterocycles. The molecular weight excluding hydrogens is 507 g/mol. The number of aromatic nitrogens is 3. The molecule has 1 saturated heterocycles. The highest BCUT2D eigenvalue weighted by Crippen LogP contribution is 2.47. The summed E-state index contributed by atoms with van der Waals surface area (Å²) >= 11 is 6.11. The Morgan fingerprint density at radius 1 is 1.29 bits per heavy atom. The maximum atomic E-state index is 15.3. The lowest BCUT2D eigenvalue weighted by Gasteiger charge is -2.36. The van der Waals surface area contributed by atoms with E-state index >= 15 is 4.39 Å². The molecule has 1 unspecified atom stereocenters. The zero-order valence-corrected chi connectivity index (χ0v) is 21.7. The Hall–Kier alpha value is -3.77. The SMILES string of the molecule is Cc1c(C(C)n2cc(C(=O)NC3CC(c4cc(Cl)ccc4C#N)C3)cn2)cnc(N2C[C@H]3C[C@H]3C2=O)c1F. The maximum Gasteiger partial charge on any atom is 0.254 e. The lowest BCUT2D eigenvalue weighted by atomic mass is 9.74. The van der Waals surface area contributed by atoms with Crippen molar-refractivity contribution in [2.45, 2.75) is 51.1 Å². The van der Waals surface area contributed by atoms with Crippen molar-refractivity contribution in [3.63, 3.8) is 0 Å². The maximum absolute atomic E-state index is 15.3. The van der Waals surface area contributed by atoms with Crippen molar-refractivity contribution in [1.29, 1.82) is 5.26 Å². The summed E-state index contributed by atoms with van der Waals surface area (Å²) in [7, 11) is 0. The van der Waals surface area contributed by atoms with Crippen molar-refractivity contribution in [1.82, 2.24) is 20.1 Å². The molecule has 10 heteroatoms. The average Bonchev–Trinajstić information content (AvgIpc) is 3.33. The zero-order chi connectivity index (χ0) is 26.7. The van der Waals surface area contributed by atoms with Crippen molar-refractivity contribution in [2.75, 3.05) is 11.4 Å². The molecule has 3 aliphatic rings. The number of nitrogens with zero attached hydrogens (tertiary/aromatic N) is 5. The minimum Gasteiger partial charge on any atom is -0.349 e. The molecule has 0 spiro atoms.